The molecule has 0 fully saturated rings. The van der Waals surface area contributed by atoms with Crippen molar-refractivity contribution in [1.82, 2.24) is 9.46 Å². The third-order valence-corrected chi connectivity index (χ3v) is 4.43. The maximum atomic E-state index is 12.1. The average Bonchev–Trinajstić information content (AvgIpc) is 2.73. The predicted octanol–water partition coefficient (Wildman–Crippen LogP) is 0.698. The molecule has 0 amide bonds. The second-order valence-electron chi connectivity index (χ2n) is 4.00. The van der Waals surface area contributed by atoms with Gasteiger partial charge in [0, 0.05) is 19.2 Å². The van der Waals surface area contributed by atoms with Crippen LogP contribution in [0.1, 0.15) is 24.8 Å². The number of ether oxygens (including phenoxy) is 1. The zero-order valence-electron chi connectivity index (χ0n) is 11.2. The van der Waals surface area contributed by atoms with Crippen molar-refractivity contribution in [3.8, 4) is 0 Å². The van der Waals surface area contributed by atoms with Crippen LogP contribution in [0.15, 0.2) is 10.6 Å². The van der Waals surface area contributed by atoms with Gasteiger partial charge in [-0.25, -0.2) is 12.7 Å². The summed E-state index contributed by atoms with van der Waals surface area (Å²) in [6, 6.07) is 1.58. The third kappa shape index (κ3) is 4.64. The number of hydrogen-bond donors (Lipinski definition) is 0. The Morgan fingerprint density at radius 1 is 1.53 bits per heavy atom. The Morgan fingerprint density at radius 2 is 2.21 bits per heavy atom. The summed E-state index contributed by atoms with van der Waals surface area (Å²) in [7, 11) is -2.24. The van der Waals surface area contributed by atoms with Crippen molar-refractivity contribution < 1.29 is 22.5 Å². The van der Waals surface area contributed by atoms with E-state index in [2.05, 4.69) is 9.89 Å². The molecule has 0 radical (unpaired) electrons. The van der Waals surface area contributed by atoms with Crippen LogP contribution in [-0.2, 0) is 25.3 Å². The molecule has 108 valence electrons. The Morgan fingerprint density at radius 3 is 2.68 bits per heavy atom. The highest BCUT2D eigenvalue weighted by Gasteiger charge is 2.23. The first-order chi connectivity index (χ1) is 8.89. The molecule has 0 saturated heterocycles. The standard InChI is InChI=1S/C11H18N2O5S/c1-4-13(6-5-11(14)17-3)19(15,16)8-10-7-9(2)18-12-10/h7H,4-6,8H2,1-3H3. The number of hydrogen-bond acceptors (Lipinski definition) is 6. The van der Waals surface area contributed by atoms with E-state index in [4.69, 9.17) is 4.52 Å². The van der Waals surface area contributed by atoms with E-state index in [0.717, 1.165) is 0 Å². The minimum absolute atomic E-state index is 0.0292. The minimum atomic E-state index is -3.51. The summed E-state index contributed by atoms with van der Waals surface area (Å²) in [6.45, 7) is 3.79. The first kappa shape index (κ1) is 15.6. The van der Waals surface area contributed by atoms with E-state index in [9.17, 15) is 13.2 Å². The maximum absolute atomic E-state index is 12.1. The molecule has 0 spiro atoms. The Bertz CT molecular complexity index is 523. The van der Waals surface area contributed by atoms with Crippen molar-refractivity contribution in [2.45, 2.75) is 26.0 Å². The van der Waals surface area contributed by atoms with Gasteiger partial charge in [-0.05, 0) is 6.92 Å². The van der Waals surface area contributed by atoms with Gasteiger partial charge >= 0.3 is 5.97 Å². The number of carbonyl (C=O) groups is 1. The van der Waals surface area contributed by atoms with Gasteiger partial charge < -0.3 is 9.26 Å². The number of aromatic nitrogens is 1. The Hall–Kier alpha value is -1.41. The van der Waals surface area contributed by atoms with E-state index < -0.39 is 16.0 Å². The van der Waals surface area contributed by atoms with Crippen LogP contribution in [0, 0.1) is 6.92 Å². The quantitative estimate of drug-likeness (QED) is 0.687. The zero-order chi connectivity index (χ0) is 14.5. The largest absolute Gasteiger partial charge is 0.469 e. The molecule has 19 heavy (non-hydrogen) atoms. The molecule has 0 aliphatic heterocycles. The van der Waals surface area contributed by atoms with Gasteiger partial charge in [-0.15, -0.1) is 0 Å². The molecule has 0 aliphatic carbocycles. The Balaban J connectivity index is 2.70. The van der Waals surface area contributed by atoms with Crippen molar-refractivity contribution in [2.24, 2.45) is 0 Å². The van der Waals surface area contributed by atoms with Gasteiger partial charge in [0.15, 0.2) is 0 Å². The van der Waals surface area contributed by atoms with Gasteiger partial charge in [-0.3, -0.25) is 4.79 Å². The fourth-order valence-corrected chi connectivity index (χ4v) is 3.03. The first-order valence-electron chi connectivity index (χ1n) is 5.86. The molecule has 0 aromatic carbocycles. The minimum Gasteiger partial charge on any atom is -0.469 e. The van der Waals surface area contributed by atoms with Gasteiger partial charge in [-0.2, -0.15) is 0 Å². The normalized spacial score (nSPS) is 11.8. The van der Waals surface area contributed by atoms with Crippen molar-refractivity contribution >= 4 is 16.0 Å². The summed E-state index contributed by atoms with van der Waals surface area (Å²) < 4.78 is 34.8. The average molecular weight is 290 g/mol. The molecule has 0 N–H and O–H groups in total. The van der Waals surface area contributed by atoms with Crippen molar-refractivity contribution in [3.63, 3.8) is 0 Å². The molecule has 0 unspecified atom stereocenters. The molecule has 1 aromatic heterocycles. The van der Waals surface area contributed by atoms with E-state index in [1.807, 2.05) is 0 Å². The van der Waals surface area contributed by atoms with Crippen LogP contribution in [0.3, 0.4) is 0 Å². The van der Waals surface area contributed by atoms with E-state index in [1.165, 1.54) is 11.4 Å². The number of esters is 1. The highest BCUT2D eigenvalue weighted by Crippen LogP contribution is 2.11. The second-order valence-corrected chi connectivity index (χ2v) is 5.97. The summed E-state index contributed by atoms with van der Waals surface area (Å²) >= 11 is 0. The summed E-state index contributed by atoms with van der Waals surface area (Å²) in [5.74, 6) is -0.118. The van der Waals surface area contributed by atoms with Crippen LogP contribution < -0.4 is 0 Å². The van der Waals surface area contributed by atoms with Gasteiger partial charge in [0.25, 0.3) is 0 Å². The van der Waals surface area contributed by atoms with Crippen LogP contribution in [-0.4, -0.2) is 44.0 Å². The fraction of sp³-hybridized carbons (Fsp3) is 0.636. The lowest BCUT2D eigenvalue weighted by Crippen LogP contribution is -2.34. The van der Waals surface area contributed by atoms with Gasteiger partial charge in [0.2, 0.25) is 10.0 Å². The molecule has 0 aliphatic rings. The monoisotopic (exact) mass is 290 g/mol. The van der Waals surface area contributed by atoms with Gasteiger partial charge in [0.05, 0.1) is 13.5 Å². The lowest BCUT2D eigenvalue weighted by atomic mass is 10.4. The topological polar surface area (TPSA) is 89.7 Å². The van der Waals surface area contributed by atoms with E-state index in [-0.39, 0.29) is 25.3 Å². The molecule has 0 atom stereocenters. The van der Waals surface area contributed by atoms with Gasteiger partial charge in [-0.1, -0.05) is 12.1 Å². The van der Waals surface area contributed by atoms with Crippen LogP contribution in [0.4, 0.5) is 0 Å². The second kappa shape index (κ2) is 6.67. The van der Waals surface area contributed by atoms with Crippen LogP contribution in [0.2, 0.25) is 0 Å². The third-order valence-electron chi connectivity index (χ3n) is 2.55. The smallest absolute Gasteiger partial charge is 0.306 e. The molecule has 0 saturated carbocycles. The van der Waals surface area contributed by atoms with E-state index >= 15 is 0 Å². The molecular formula is C11H18N2O5S. The fourth-order valence-electron chi connectivity index (χ4n) is 1.58. The molecule has 1 rings (SSSR count). The molecule has 8 heteroatoms. The number of sulfonamides is 1. The number of rotatable bonds is 7. The van der Waals surface area contributed by atoms with Crippen LogP contribution >= 0.6 is 0 Å². The van der Waals surface area contributed by atoms with Crippen molar-refractivity contribution in [3.05, 3.63) is 17.5 Å². The first-order valence-corrected chi connectivity index (χ1v) is 7.46. The predicted molar refractivity (Wildman–Crippen MR) is 67.7 cm³/mol. The maximum Gasteiger partial charge on any atom is 0.306 e. The number of carbonyl (C=O) groups excluding carboxylic acids is 1. The van der Waals surface area contributed by atoms with Crippen molar-refractivity contribution in [2.75, 3.05) is 20.2 Å². The SMILES string of the molecule is CCN(CCC(=O)OC)S(=O)(=O)Cc1cc(C)on1. The number of nitrogens with zero attached hydrogens (tertiary/aromatic N) is 2. The lowest BCUT2D eigenvalue weighted by Gasteiger charge is -2.19. The summed E-state index contributed by atoms with van der Waals surface area (Å²) in [5.41, 5.74) is 0.356. The summed E-state index contributed by atoms with van der Waals surface area (Å²) in [6.07, 6.45) is 0.0292. The molecule has 0 bridgehead atoms. The van der Waals surface area contributed by atoms with E-state index in [0.29, 0.717) is 11.5 Å². The number of methoxy groups -OCH3 is 1. The summed E-state index contributed by atoms with van der Waals surface area (Å²) in [5, 5.41) is 3.66. The van der Waals surface area contributed by atoms with Crippen LogP contribution in [0.5, 0.6) is 0 Å². The zero-order valence-corrected chi connectivity index (χ0v) is 12.1. The molecule has 1 aromatic rings. The van der Waals surface area contributed by atoms with Crippen molar-refractivity contribution in [1.29, 1.82) is 0 Å². The Labute approximate surface area is 112 Å². The number of aryl methyl sites for hydroxylation is 1. The molecule has 1 heterocycles. The van der Waals surface area contributed by atoms with E-state index in [1.54, 1.807) is 19.9 Å². The Kier molecular flexibility index (Phi) is 5.49. The molecule has 7 nitrogen and oxygen atoms in total. The van der Waals surface area contributed by atoms with Crippen LogP contribution in [0.25, 0.3) is 0 Å². The lowest BCUT2D eigenvalue weighted by molar-refractivity contribution is -0.140. The highest BCUT2D eigenvalue weighted by atomic mass is 32.2. The summed E-state index contributed by atoms with van der Waals surface area (Å²) in [4.78, 5) is 11.0. The molecular weight excluding hydrogens is 272 g/mol. The highest BCUT2D eigenvalue weighted by molar-refractivity contribution is 7.88. The van der Waals surface area contributed by atoms with Gasteiger partial charge in [0.1, 0.15) is 17.2 Å².